The highest BCUT2D eigenvalue weighted by atomic mass is 16.5. The van der Waals surface area contributed by atoms with Gasteiger partial charge in [0, 0.05) is 31.4 Å². The van der Waals surface area contributed by atoms with Gasteiger partial charge in [-0.1, -0.05) is 13.8 Å². The normalized spacial score (nSPS) is 25.1. The highest BCUT2D eigenvalue weighted by Gasteiger charge is 2.48. The summed E-state index contributed by atoms with van der Waals surface area (Å²) in [6.45, 7) is 8.82. The summed E-state index contributed by atoms with van der Waals surface area (Å²) in [7, 11) is 1.70. The maximum Gasteiger partial charge on any atom is 0.0728 e. The van der Waals surface area contributed by atoms with E-state index in [2.05, 4.69) is 31.2 Å². The van der Waals surface area contributed by atoms with E-state index < -0.39 is 0 Å². The van der Waals surface area contributed by atoms with Crippen molar-refractivity contribution in [1.29, 1.82) is 0 Å². The fraction of sp³-hybridized carbons (Fsp3) is 0.786. The van der Waals surface area contributed by atoms with Crippen molar-refractivity contribution in [2.24, 2.45) is 5.41 Å². The molecular weight excluding hydrogens is 242 g/mol. The number of aromatic nitrogens is 2. The van der Waals surface area contributed by atoms with Gasteiger partial charge < -0.3 is 14.8 Å². The van der Waals surface area contributed by atoms with Gasteiger partial charge in [-0.15, -0.1) is 0 Å². The number of nitrogens with zero attached hydrogens (tertiary/aromatic N) is 2. The molecule has 0 aliphatic heterocycles. The largest absolute Gasteiger partial charge is 0.383 e. The van der Waals surface area contributed by atoms with E-state index in [4.69, 9.17) is 9.47 Å². The van der Waals surface area contributed by atoms with Crippen molar-refractivity contribution in [2.75, 3.05) is 25.6 Å². The number of anilines is 1. The third kappa shape index (κ3) is 3.09. The van der Waals surface area contributed by atoms with E-state index >= 15 is 0 Å². The molecular formula is C14H25N3O2. The van der Waals surface area contributed by atoms with Gasteiger partial charge in [0.15, 0.2) is 0 Å². The molecule has 5 heteroatoms. The quantitative estimate of drug-likeness (QED) is 0.822. The molecule has 1 heterocycles. The highest BCUT2D eigenvalue weighted by molar-refractivity contribution is 5.41. The Balaban J connectivity index is 1.87. The molecule has 19 heavy (non-hydrogen) atoms. The maximum absolute atomic E-state index is 5.74. The summed E-state index contributed by atoms with van der Waals surface area (Å²) in [5.74, 6) is 0. The summed E-state index contributed by atoms with van der Waals surface area (Å²) >= 11 is 0. The first-order chi connectivity index (χ1) is 9.07. The summed E-state index contributed by atoms with van der Waals surface area (Å²) in [5, 5.41) is 7.86. The number of hydrogen-bond acceptors (Lipinski definition) is 4. The molecule has 0 aromatic carbocycles. The summed E-state index contributed by atoms with van der Waals surface area (Å²) < 4.78 is 12.7. The van der Waals surface area contributed by atoms with Gasteiger partial charge in [0.05, 0.1) is 31.1 Å². The first-order valence-electron chi connectivity index (χ1n) is 6.97. The molecule has 5 nitrogen and oxygen atoms in total. The summed E-state index contributed by atoms with van der Waals surface area (Å²) in [5.41, 5.74) is 1.24. The van der Waals surface area contributed by atoms with Crippen LogP contribution in [0.25, 0.3) is 0 Å². The van der Waals surface area contributed by atoms with E-state index in [9.17, 15) is 0 Å². The molecule has 108 valence electrons. The minimum atomic E-state index is 0.171. The zero-order valence-electron chi connectivity index (χ0n) is 12.3. The molecule has 2 rings (SSSR count). The Bertz CT molecular complexity index is 403. The third-order valence-corrected chi connectivity index (χ3v) is 4.04. The second-order valence-electron chi connectivity index (χ2n) is 5.68. The zero-order valence-corrected chi connectivity index (χ0v) is 12.3. The van der Waals surface area contributed by atoms with Crippen molar-refractivity contribution in [3.8, 4) is 0 Å². The molecule has 1 aromatic rings. The molecule has 1 aromatic heterocycles. The standard InChI is InChI=1S/C14H25N3O2/c1-5-19-13-8-12(14(13,2)3)16-11-9-15-17(10-11)6-7-18-4/h9-10,12-13,16H,5-8H2,1-4H3. The van der Waals surface area contributed by atoms with Gasteiger partial charge in [0.1, 0.15) is 0 Å². The predicted molar refractivity (Wildman–Crippen MR) is 75.3 cm³/mol. The highest BCUT2D eigenvalue weighted by Crippen LogP contribution is 2.44. The molecule has 0 amide bonds. The molecule has 1 fully saturated rings. The second kappa shape index (κ2) is 5.92. The first kappa shape index (κ1) is 14.3. The van der Waals surface area contributed by atoms with Crippen molar-refractivity contribution in [3.05, 3.63) is 12.4 Å². The molecule has 0 bridgehead atoms. The van der Waals surface area contributed by atoms with Crippen LogP contribution < -0.4 is 5.32 Å². The van der Waals surface area contributed by atoms with Crippen LogP contribution in [-0.4, -0.2) is 42.2 Å². The van der Waals surface area contributed by atoms with Crippen LogP contribution in [0.15, 0.2) is 12.4 Å². The predicted octanol–water partition coefficient (Wildman–Crippen LogP) is 2.14. The molecule has 2 unspecified atom stereocenters. The Morgan fingerprint density at radius 3 is 2.95 bits per heavy atom. The van der Waals surface area contributed by atoms with Crippen molar-refractivity contribution in [1.82, 2.24) is 9.78 Å². The van der Waals surface area contributed by atoms with Gasteiger partial charge in [-0.2, -0.15) is 5.10 Å². The minimum absolute atomic E-state index is 0.171. The molecule has 0 saturated heterocycles. The van der Waals surface area contributed by atoms with Crippen molar-refractivity contribution >= 4 is 5.69 Å². The Kier molecular flexibility index (Phi) is 4.47. The Morgan fingerprint density at radius 1 is 1.53 bits per heavy atom. The van der Waals surface area contributed by atoms with E-state index in [0.29, 0.717) is 18.8 Å². The topological polar surface area (TPSA) is 48.3 Å². The average molecular weight is 267 g/mol. The van der Waals surface area contributed by atoms with Crippen molar-refractivity contribution in [2.45, 2.75) is 45.9 Å². The van der Waals surface area contributed by atoms with E-state index in [-0.39, 0.29) is 5.41 Å². The van der Waals surface area contributed by atoms with Gasteiger partial charge in [-0.05, 0) is 13.3 Å². The number of rotatable bonds is 7. The summed E-state index contributed by atoms with van der Waals surface area (Å²) in [4.78, 5) is 0. The number of methoxy groups -OCH3 is 1. The van der Waals surface area contributed by atoms with Crippen LogP contribution >= 0.6 is 0 Å². The van der Waals surface area contributed by atoms with Crippen molar-refractivity contribution < 1.29 is 9.47 Å². The smallest absolute Gasteiger partial charge is 0.0728 e. The van der Waals surface area contributed by atoms with Crippen LogP contribution in [0.1, 0.15) is 27.2 Å². The molecule has 1 N–H and O–H groups in total. The zero-order chi connectivity index (χ0) is 13.9. The van der Waals surface area contributed by atoms with Crippen LogP contribution in [0.2, 0.25) is 0 Å². The molecule has 1 saturated carbocycles. The first-order valence-corrected chi connectivity index (χ1v) is 6.97. The lowest BCUT2D eigenvalue weighted by Crippen LogP contribution is -2.58. The third-order valence-electron chi connectivity index (χ3n) is 4.04. The molecule has 0 spiro atoms. The SMILES string of the molecule is CCOC1CC(Nc2cnn(CCOC)c2)C1(C)C. The minimum Gasteiger partial charge on any atom is -0.383 e. The summed E-state index contributed by atoms with van der Waals surface area (Å²) in [6.07, 6.45) is 5.32. The van der Waals surface area contributed by atoms with E-state index in [0.717, 1.165) is 25.3 Å². The molecule has 0 radical (unpaired) electrons. The van der Waals surface area contributed by atoms with E-state index in [1.165, 1.54) is 0 Å². The molecule has 2 atom stereocenters. The number of hydrogen-bond donors (Lipinski definition) is 1. The monoisotopic (exact) mass is 267 g/mol. The lowest BCUT2D eigenvalue weighted by Gasteiger charge is -2.51. The number of ether oxygens (including phenoxy) is 2. The lowest BCUT2D eigenvalue weighted by molar-refractivity contribution is -0.0975. The number of nitrogens with one attached hydrogen (secondary N) is 1. The van der Waals surface area contributed by atoms with Crippen LogP contribution in [0.3, 0.4) is 0 Å². The van der Waals surface area contributed by atoms with Gasteiger partial charge in [0.25, 0.3) is 0 Å². The summed E-state index contributed by atoms with van der Waals surface area (Å²) in [6, 6.07) is 0.448. The average Bonchev–Trinajstić information content (AvgIpc) is 2.83. The van der Waals surface area contributed by atoms with Crippen molar-refractivity contribution in [3.63, 3.8) is 0 Å². The van der Waals surface area contributed by atoms with Gasteiger partial charge >= 0.3 is 0 Å². The molecule has 1 aliphatic rings. The fourth-order valence-corrected chi connectivity index (χ4v) is 2.56. The van der Waals surface area contributed by atoms with Crippen LogP contribution in [-0.2, 0) is 16.0 Å². The molecule has 1 aliphatic carbocycles. The van der Waals surface area contributed by atoms with Gasteiger partial charge in [-0.25, -0.2) is 0 Å². The van der Waals surface area contributed by atoms with Gasteiger partial charge in [-0.3, -0.25) is 4.68 Å². The van der Waals surface area contributed by atoms with E-state index in [1.54, 1.807) is 7.11 Å². The Labute approximate surface area is 115 Å². The van der Waals surface area contributed by atoms with E-state index in [1.807, 2.05) is 17.1 Å². The maximum atomic E-state index is 5.74. The second-order valence-corrected chi connectivity index (χ2v) is 5.68. The van der Waals surface area contributed by atoms with Crippen LogP contribution in [0.5, 0.6) is 0 Å². The van der Waals surface area contributed by atoms with Gasteiger partial charge in [0.2, 0.25) is 0 Å². The van der Waals surface area contributed by atoms with Crippen LogP contribution in [0, 0.1) is 5.41 Å². The Morgan fingerprint density at radius 2 is 2.32 bits per heavy atom. The van der Waals surface area contributed by atoms with Crippen LogP contribution in [0.4, 0.5) is 5.69 Å². The fourth-order valence-electron chi connectivity index (χ4n) is 2.56. The lowest BCUT2D eigenvalue weighted by atomic mass is 9.64. The Hall–Kier alpha value is -1.07.